The molecule has 0 radical (unpaired) electrons. The Kier molecular flexibility index (Phi) is 1.86. The minimum Gasteiger partial charge on any atom is -0.355 e. The first-order valence-corrected chi connectivity index (χ1v) is 3.37. The van der Waals surface area contributed by atoms with Gasteiger partial charge in [-0.15, -0.1) is 0 Å². The molecule has 0 amide bonds. The molecule has 8 heavy (non-hydrogen) atoms. The lowest BCUT2D eigenvalue weighted by Crippen LogP contribution is -2.62. The van der Waals surface area contributed by atoms with Gasteiger partial charge in [0.2, 0.25) is 0 Å². The zero-order valence-corrected chi connectivity index (χ0v) is 5.27. The van der Waals surface area contributed by atoms with E-state index < -0.39 is 0 Å². The number of nitrogens with two attached hydrogens (primary N) is 1. The molecule has 1 saturated carbocycles. The molecule has 0 atom stereocenters. The SMILES string of the molecule is NC1CCC([NH3+])CC1. The molecule has 0 saturated heterocycles. The minimum absolute atomic E-state index is 0.480. The molecule has 0 aromatic carbocycles. The predicted molar refractivity (Wildman–Crippen MR) is 33.1 cm³/mol. The van der Waals surface area contributed by atoms with Gasteiger partial charge in [-0.1, -0.05) is 0 Å². The lowest BCUT2D eigenvalue weighted by atomic mass is 9.93. The molecule has 1 fully saturated rings. The monoisotopic (exact) mass is 115 g/mol. The van der Waals surface area contributed by atoms with Crippen LogP contribution in [-0.2, 0) is 0 Å². The van der Waals surface area contributed by atoms with Crippen molar-refractivity contribution in [1.29, 1.82) is 0 Å². The summed E-state index contributed by atoms with van der Waals surface area (Å²) in [5.74, 6) is 0. The highest BCUT2D eigenvalue weighted by atomic mass is 14.7. The molecule has 0 aromatic rings. The van der Waals surface area contributed by atoms with Gasteiger partial charge < -0.3 is 11.5 Å². The van der Waals surface area contributed by atoms with Crippen LogP contribution in [0, 0.1) is 0 Å². The van der Waals surface area contributed by atoms with Crippen LogP contribution in [0.5, 0.6) is 0 Å². The van der Waals surface area contributed by atoms with E-state index in [1.807, 2.05) is 0 Å². The van der Waals surface area contributed by atoms with Crippen LogP contribution >= 0.6 is 0 Å². The number of rotatable bonds is 0. The molecule has 5 N–H and O–H groups in total. The third-order valence-corrected chi connectivity index (χ3v) is 1.89. The van der Waals surface area contributed by atoms with E-state index in [-0.39, 0.29) is 0 Å². The van der Waals surface area contributed by atoms with Crippen molar-refractivity contribution in [3.63, 3.8) is 0 Å². The third-order valence-electron chi connectivity index (χ3n) is 1.89. The Bertz CT molecular complexity index is 54.9. The molecule has 1 aliphatic carbocycles. The summed E-state index contributed by atoms with van der Waals surface area (Å²) in [6, 6.07) is 1.17. The van der Waals surface area contributed by atoms with E-state index in [4.69, 9.17) is 5.73 Å². The Morgan fingerprint density at radius 2 is 1.62 bits per heavy atom. The van der Waals surface area contributed by atoms with Crippen molar-refractivity contribution in [2.45, 2.75) is 37.8 Å². The molecule has 0 aromatic heterocycles. The zero-order chi connectivity index (χ0) is 5.98. The summed E-state index contributed by atoms with van der Waals surface area (Å²) in [7, 11) is 0. The number of hydrogen-bond donors (Lipinski definition) is 2. The summed E-state index contributed by atoms with van der Waals surface area (Å²) in [5, 5.41) is 0. The van der Waals surface area contributed by atoms with Gasteiger partial charge in [0.25, 0.3) is 0 Å². The van der Waals surface area contributed by atoms with Crippen molar-refractivity contribution < 1.29 is 5.73 Å². The fourth-order valence-corrected chi connectivity index (χ4v) is 1.19. The highest BCUT2D eigenvalue weighted by Gasteiger charge is 2.16. The van der Waals surface area contributed by atoms with Crippen molar-refractivity contribution >= 4 is 0 Å². The second kappa shape index (κ2) is 2.46. The minimum atomic E-state index is 0.480. The topological polar surface area (TPSA) is 53.7 Å². The normalized spacial score (nSPS) is 39.8. The smallest absolute Gasteiger partial charge is 0.0844 e. The first kappa shape index (κ1) is 6.05. The number of hydrogen-bond acceptors (Lipinski definition) is 1. The molecule has 0 aliphatic heterocycles. The molecule has 0 unspecified atom stereocenters. The van der Waals surface area contributed by atoms with Crippen LogP contribution < -0.4 is 11.5 Å². The summed E-state index contributed by atoms with van der Waals surface area (Å²) < 4.78 is 0. The standard InChI is InChI=1S/C6H14N2/c7-5-1-2-6(8)4-3-5/h5-6H,1-4,7-8H2/p+1. The lowest BCUT2D eigenvalue weighted by Gasteiger charge is -2.19. The van der Waals surface area contributed by atoms with Crippen LogP contribution in [0.1, 0.15) is 25.7 Å². The predicted octanol–water partition coefficient (Wildman–Crippen LogP) is -0.502. The molecule has 48 valence electrons. The second-order valence-corrected chi connectivity index (χ2v) is 2.78. The summed E-state index contributed by atoms with van der Waals surface area (Å²) in [6.07, 6.45) is 4.85. The Morgan fingerprint density at radius 1 is 1.12 bits per heavy atom. The van der Waals surface area contributed by atoms with Crippen LogP contribution in [0.3, 0.4) is 0 Å². The largest absolute Gasteiger partial charge is 0.355 e. The quantitative estimate of drug-likeness (QED) is 0.439. The Labute approximate surface area is 50.2 Å². The average Bonchev–Trinajstić information content (AvgIpc) is 1.77. The Hall–Kier alpha value is -0.0800. The Morgan fingerprint density at radius 3 is 2.00 bits per heavy atom. The highest BCUT2D eigenvalue weighted by molar-refractivity contribution is 4.71. The van der Waals surface area contributed by atoms with Crippen molar-refractivity contribution in [3.05, 3.63) is 0 Å². The lowest BCUT2D eigenvalue weighted by molar-refractivity contribution is -0.425. The van der Waals surface area contributed by atoms with Gasteiger partial charge in [0.05, 0.1) is 6.04 Å². The summed E-state index contributed by atoms with van der Waals surface area (Å²) >= 11 is 0. The zero-order valence-electron chi connectivity index (χ0n) is 5.27. The van der Waals surface area contributed by atoms with E-state index in [0.29, 0.717) is 12.1 Å². The molecule has 1 aliphatic rings. The van der Waals surface area contributed by atoms with E-state index in [1.165, 1.54) is 25.7 Å². The molecule has 1 rings (SSSR count). The van der Waals surface area contributed by atoms with Crippen LogP contribution in [-0.4, -0.2) is 12.1 Å². The van der Waals surface area contributed by atoms with Crippen molar-refractivity contribution in [2.24, 2.45) is 5.73 Å². The van der Waals surface area contributed by atoms with E-state index in [0.717, 1.165) is 0 Å². The summed E-state index contributed by atoms with van der Waals surface area (Å²) in [5.41, 5.74) is 9.65. The Balaban J connectivity index is 2.19. The summed E-state index contributed by atoms with van der Waals surface area (Å²) in [6.45, 7) is 0. The van der Waals surface area contributed by atoms with Gasteiger partial charge in [-0.05, 0) is 12.8 Å². The van der Waals surface area contributed by atoms with Crippen LogP contribution in [0.4, 0.5) is 0 Å². The van der Waals surface area contributed by atoms with Gasteiger partial charge in [0.1, 0.15) is 0 Å². The van der Waals surface area contributed by atoms with E-state index >= 15 is 0 Å². The molecular weight excluding hydrogens is 100 g/mol. The first-order chi connectivity index (χ1) is 3.79. The maximum absolute atomic E-state index is 5.67. The second-order valence-electron chi connectivity index (χ2n) is 2.78. The van der Waals surface area contributed by atoms with Gasteiger partial charge in [-0.3, -0.25) is 0 Å². The molecular formula is C6H15N2+. The van der Waals surface area contributed by atoms with E-state index in [2.05, 4.69) is 5.73 Å². The fourth-order valence-electron chi connectivity index (χ4n) is 1.19. The van der Waals surface area contributed by atoms with Gasteiger partial charge in [0.15, 0.2) is 0 Å². The van der Waals surface area contributed by atoms with Gasteiger partial charge in [-0.25, -0.2) is 0 Å². The van der Waals surface area contributed by atoms with Crippen LogP contribution in [0.2, 0.25) is 0 Å². The van der Waals surface area contributed by atoms with Crippen LogP contribution in [0.15, 0.2) is 0 Å². The molecule has 0 spiro atoms. The number of quaternary nitrogens is 1. The average molecular weight is 115 g/mol. The maximum Gasteiger partial charge on any atom is 0.0844 e. The maximum atomic E-state index is 5.67. The van der Waals surface area contributed by atoms with Crippen molar-refractivity contribution in [3.8, 4) is 0 Å². The van der Waals surface area contributed by atoms with E-state index in [1.54, 1.807) is 0 Å². The molecule has 2 heteroatoms. The van der Waals surface area contributed by atoms with Crippen LogP contribution in [0.25, 0.3) is 0 Å². The van der Waals surface area contributed by atoms with Gasteiger partial charge >= 0.3 is 0 Å². The highest BCUT2D eigenvalue weighted by Crippen LogP contribution is 2.13. The van der Waals surface area contributed by atoms with Gasteiger partial charge in [0, 0.05) is 18.9 Å². The molecule has 0 bridgehead atoms. The van der Waals surface area contributed by atoms with Crippen molar-refractivity contribution in [1.82, 2.24) is 0 Å². The molecule has 2 nitrogen and oxygen atoms in total. The fraction of sp³-hybridized carbons (Fsp3) is 1.00. The van der Waals surface area contributed by atoms with E-state index in [9.17, 15) is 0 Å². The molecule has 0 heterocycles. The van der Waals surface area contributed by atoms with Gasteiger partial charge in [-0.2, -0.15) is 0 Å². The summed E-state index contributed by atoms with van der Waals surface area (Å²) in [4.78, 5) is 0. The first-order valence-electron chi connectivity index (χ1n) is 3.37. The van der Waals surface area contributed by atoms with Crippen molar-refractivity contribution in [2.75, 3.05) is 0 Å². The third kappa shape index (κ3) is 1.46.